The van der Waals surface area contributed by atoms with E-state index < -0.39 is 0 Å². The lowest BCUT2D eigenvalue weighted by atomic mass is 10.3. The van der Waals surface area contributed by atoms with Gasteiger partial charge in [-0.3, -0.25) is 0 Å². The molecule has 0 aliphatic rings. The summed E-state index contributed by atoms with van der Waals surface area (Å²) >= 11 is 0. The lowest BCUT2D eigenvalue weighted by Gasteiger charge is -2.04. The first kappa shape index (κ1) is 8.59. The van der Waals surface area contributed by atoms with E-state index in [9.17, 15) is 4.79 Å². The summed E-state index contributed by atoms with van der Waals surface area (Å²) in [6.07, 6.45) is 0.375. The first-order valence-electron chi connectivity index (χ1n) is 3.83. The largest absolute Gasteiger partial charge is 0.343 e. The van der Waals surface area contributed by atoms with Crippen LogP contribution in [0.4, 0.5) is 5.69 Å². The number of rotatable bonds is 3. The molecule has 12 heavy (non-hydrogen) atoms. The summed E-state index contributed by atoms with van der Waals surface area (Å²) < 4.78 is 0. The minimum atomic E-state index is -0.265. The van der Waals surface area contributed by atoms with Crippen molar-refractivity contribution in [3.63, 3.8) is 0 Å². The highest BCUT2D eigenvalue weighted by Crippen LogP contribution is 2.04. The molecule has 0 spiro atoms. The Morgan fingerprint density at radius 2 is 2.08 bits per heavy atom. The van der Waals surface area contributed by atoms with Crippen molar-refractivity contribution < 1.29 is 9.63 Å². The first-order chi connectivity index (χ1) is 5.83. The summed E-state index contributed by atoms with van der Waals surface area (Å²) in [4.78, 5) is 15.4. The summed E-state index contributed by atoms with van der Waals surface area (Å²) in [5.41, 5.74) is 3.32. The minimum absolute atomic E-state index is 0.265. The number of hydrogen-bond acceptors (Lipinski definition) is 3. The van der Waals surface area contributed by atoms with Gasteiger partial charge in [0.25, 0.3) is 0 Å². The van der Waals surface area contributed by atoms with Gasteiger partial charge in [0.05, 0.1) is 5.69 Å². The van der Waals surface area contributed by atoms with Gasteiger partial charge >= 0.3 is 5.97 Å². The van der Waals surface area contributed by atoms with Crippen LogP contribution in [0.5, 0.6) is 0 Å². The van der Waals surface area contributed by atoms with Crippen LogP contribution in [0, 0.1) is 0 Å². The highest BCUT2D eigenvalue weighted by molar-refractivity contribution is 5.69. The summed E-state index contributed by atoms with van der Waals surface area (Å²) in [6.45, 7) is 1.75. The molecule has 0 aromatic heterocycles. The van der Waals surface area contributed by atoms with Crippen molar-refractivity contribution in [2.45, 2.75) is 13.3 Å². The maximum absolute atomic E-state index is 10.7. The van der Waals surface area contributed by atoms with E-state index in [1.807, 2.05) is 30.3 Å². The average Bonchev–Trinajstić information content (AvgIpc) is 2.16. The highest BCUT2D eigenvalue weighted by atomic mass is 16.7. The topological polar surface area (TPSA) is 38.3 Å². The Kier molecular flexibility index (Phi) is 3.14. The van der Waals surface area contributed by atoms with Gasteiger partial charge in [-0.1, -0.05) is 25.1 Å². The van der Waals surface area contributed by atoms with E-state index in [1.54, 1.807) is 6.92 Å². The fraction of sp³-hybridized carbons (Fsp3) is 0.222. The SMILES string of the molecule is CCC(=O)ONc1ccccc1. The predicted molar refractivity (Wildman–Crippen MR) is 46.4 cm³/mol. The number of anilines is 1. The van der Waals surface area contributed by atoms with Crippen molar-refractivity contribution in [1.82, 2.24) is 0 Å². The zero-order valence-electron chi connectivity index (χ0n) is 6.91. The molecular formula is C9H11NO2. The van der Waals surface area contributed by atoms with E-state index in [4.69, 9.17) is 0 Å². The van der Waals surface area contributed by atoms with Crippen LogP contribution in [0.1, 0.15) is 13.3 Å². The van der Waals surface area contributed by atoms with Crippen LogP contribution in [-0.4, -0.2) is 5.97 Å². The van der Waals surface area contributed by atoms with E-state index in [2.05, 4.69) is 10.3 Å². The van der Waals surface area contributed by atoms with Crippen molar-refractivity contribution in [2.24, 2.45) is 0 Å². The van der Waals surface area contributed by atoms with E-state index in [-0.39, 0.29) is 5.97 Å². The molecular weight excluding hydrogens is 154 g/mol. The molecule has 0 radical (unpaired) electrons. The van der Waals surface area contributed by atoms with Crippen LogP contribution >= 0.6 is 0 Å². The molecule has 3 heteroatoms. The van der Waals surface area contributed by atoms with Crippen molar-refractivity contribution in [3.8, 4) is 0 Å². The van der Waals surface area contributed by atoms with Crippen molar-refractivity contribution in [1.29, 1.82) is 0 Å². The van der Waals surface area contributed by atoms with Crippen LogP contribution in [0.25, 0.3) is 0 Å². The second kappa shape index (κ2) is 4.38. The van der Waals surface area contributed by atoms with Crippen LogP contribution in [-0.2, 0) is 9.63 Å². The Morgan fingerprint density at radius 1 is 1.42 bits per heavy atom. The van der Waals surface area contributed by atoms with E-state index >= 15 is 0 Å². The van der Waals surface area contributed by atoms with Crippen molar-refractivity contribution in [3.05, 3.63) is 30.3 Å². The van der Waals surface area contributed by atoms with Crippen molar-refractivity contribution in [2.75, 3.05) is 5.48 Å². The van der Waals surface area contributed by atoms with Gasteiger partial charge in [-0.15, -0.1) is 0 Å². The van der Waals surface area contributed by atoms with Gasteiger partial charge in [-0.25, -0.2) is 10.3 Å². The van der Waals surface area contributed by atoms with Crippen LogP contribution in [0.15, 0.2) is 30.3 Å². The lowest BCUT2D eigenvalue weighted by molar-refractivity contribution is -0.140. The van der Waals surface area contributed by atoms with Crippen molar-refractivity contribution >= 4 is 11.7 Å². The quantitative estimate of drug-likeness (QED) is 0.696. The third kappa shape index (κ3) is 2.62. The van der Waals surface area contributed by atoms with Gasteiger partial charge < -0.3 is 4.84 Å². The molecule has 0 amide bonds. The number of nitrogens with one attached hydrogen (secondary N) is 1. The second-order valence-corrected chi connectivity index (χ2v) is 2.30. The van der Waals surface area contributed by atoms with Crippen LogP contribution < -0.4 is 5.48 Å². The highest BCUT2D eigenvalue weighted by Gasteiger charge is 1.96. The molecule has 1 aromatic rings. The smallest absolute Gasteiger partial charge is 0.331 e. The van der Waals surface area contributed by atoms with E-state index in [0.717, 1.165) is 5.69 Å². The summed E-state index contributed by atoms with van der Waals surface area (Å²) in [6, 6.07) is 9.27. The fourth-order valence-corrected chi connectivity index (χ4v) is 0.694. The molecule has 0 unspecified atom stereocenters. The summed E-state index contributed by atoms with van der Waals surface area (Å²) in [5, 5.41) is 0. The number of hydrogen-bond donors (Lipinski definition) is 1. The second-order valence-electron chi connectivity index (χ2n) is 2.30. The Morgan fingerprint density at radius 3 is 2.67 bits per heavy atom. The fourth-order valence-electron chi connectivity index (χ4n) is 0.694. The van der Waals surface area contributed by atoms with Crippen LogP contribution in [0.2, 0.25) is 0 Å². The Balaban J connectivity index is 2.38. The van der Waals surface area contributed by atoms with Gasteiger partial charge in [0, 0.05) is 6.42 Å². The molecule has 0 atom stereocenters. The molecule has 0 aliphatic heterocycles. The molecule has 0 saturated heterocycles. The zero-order chi connectivity index (χ0) is 8.81. The van der Waals surface area contributed by atoms with Gasteiger partial charge in [-0.05, 0) is 12.1 Å². The Labute approximate surface area is 71.3 Å². The average molecular weight is 165 g/mol. The number of benzene rings is 1. The standard InChI is InChI=1S/C9H11NO2/c1-2-9(11)12-10-8-6-4-3-5-7-8/h3-7,10H,2H2,1H3. The minimum Gasteiger partial charge on any atom is -0.343 e. The number of carbonyl (C=O) groups is 1. The third-order valence-corrected chi connectivity index (χ3v) is 1.35. The summed E-state index contributed by atoms with van der Waals surface area (Å²) in [5.74, 6) is -0.265. The molecule has 64 valence electrons. The molecule has 0 bridgehead atoms. The molecule has 1 rings (SSSR count). The normalized spacial score (nSPS) is 9.08. The maximum Gasteiger partial charge on any atom is 0.331 e. The molecule has 0 heterocycles. The van der Waals surface area contributed by atoms with E-state index in [1.165, 1.54) is 0 Å². The lowest BCUT2D eigenvalue weighted by Crippen LogP contribution is -2.08. The third-order valence-electron chi connectivity index (χ3n) is 1.35. The molecule has 1 aromatic carbocycles. The maximum atomic E-state index is 10.7. The molecule has 0 aliphatic carbocycles. The first-order valence-corrected chi connectivity index (χ1v) is 3.83. The van der Waals surface area contributed by atoms with Crippen LogP contribution in [0.3, 0.4) is 0 Å². The van der Waals surface area contributed by atoms with Gasteiger partial charge in [0.15, 0.2) is 0 Å². The van der Waals surface area contributed by atoms with Gasteiger partial charge in [0.1, 0.15) is 0 Å². The van der Waals surface area contributed by atoms with E-state index in [0.29, 0.717) is 6.42 Å². The molecule has 0 saturated carbocycles. The number of para-hydroxylation sites is 1. The number of carbonyl (C=O) groups excluding carboxylic acids is 1. The summed E-state index contributed by atoms with van der Waals surface area (Å²) in [7, 11) is 0. The predicted octanol–water partition coefficient (Wildman–Crippen LogP) is 1.97. The van der Waals surface area contributed by atoms with Gasteiger partial charge in [0.2, 0.25) is 0 Å². The monoisotopic (exact) mass is 165 g/mol. The van der Waals surface area contributed by atoms with Gasteiger partial charge in [-0.2, -0.15) is 0 Å². The molecule has 1 N–H and O–H groups in total. The zero-order valence-corrected chi connectivity index (χ0v) is 6.91. The Hall–Kier alpha value is -1.51. The molecule has 0 fully saturated rings. The molecule has 3 nitrogen and oxygen atoms in total. The Bertz CT molecular complexity index is 246.